The van der Waals surface area contributed by atoms with E-state index in [9.17, 15) is 9.90 Å². The number of amides is 1. The van der Waals surface area contributed by atoms with Crippen molar-refractivity contribution >= 4 is 39.1 Å². The third kappa shape index (κ3) is 3.29. The Bertz CT molecular complexity index is 530. The number of aliphatic hydroxyl groups excluding tert-OH is 1. The van der Waals surface area contributed by atoms with Crippen LogP contribution < -0.4 is 5.32 Å². The van der Waals surface area contributed by atoms with Gasteiger partial charge in [0.1, 0.15) is 0 Å². The summed E-state index contributed by atoms with van der Waals surface area (Å²) in [7, 11) is 0. The highest BCUT2D eigenvalue weighted by Crippen LogP contribution is 2.25. The third-order valence-corrected chi connectivity index (χ3v) is 5.33. The van der Waals surface area contributed by atoms with Gasteiger partial charge < -0.3 is 10.4 Å². The molecule has 19 heavy (non-hydrogen) atoms. The summed E-state index contributed by atoms with van der Waals surface area (Å²) in [4.78, 5) is 12.9. The van der Waals surface area contributed by atoms with Gasteiger partial charge >= 0.3 is 0 Å². The Labute approximate surface area is 121 Å². The van der Waals surface area contributed by atoms with E-state index >= 15 is 0 Å². The molecule has 0 saturated carbocycles. The number of aliphatic hydroxyl groups is 1. The molecule has 0 aliphatic rings. The molecule has 0 saturated heterocycles. The van der Waals surface area contributed by atoms with Crippen LogP contribution in [-0.4, -0.2) is 35.2 Å². The first-order chi connectivity index (χ1) is 9.15. The predicted octanol–water partition coefficient (Wildman–Crippen LogP) is 2.74. The van der Waals surface area contributed by atoms with Gasteiger partial charge in [-0.25, -0.2) is 0 Å². The van der Waals surface area contributed by atoms with E-state index in [1.54, 1.807) is 11.8 Å². The maximum absolute atomic E-state index is 12.2. The van der Waals surface area contributed by atoms with Crippen LogP contribution in [0.4, 0.5) is 0 Å². The minimum atomic E-state index is -0.0683. The molecule has 1 heterocycles. The van der Waals surface area contributed by atoms with Crippen molar-refractivity contribution in [2.24, 2.45) is 0 Å². The number of thioether (sulfide) groups is 1. The summed E-state index contributed by atoms with van der Waals surface area (Å²) in [5.41, 5.74) is 0. The maximum Gasteiger partial charge on any atom is 0.261 e. The van der Waals surface area contributed by atoms with Crippen molar-refractivity contribution < 1.29 is 9.90 Å². The highest BCUT2D eigenvalue weighted by Gasteiger charge is 2.19. The Morgan fingerprint density at radius 1 is 1.47 bits per heavy atom. The second-order valence-corrected chi connectivity index (χ2v) is 6.53. The zero-order chi connectivity index (χ0) is 13.8. The molecule has 0 bridgehead atoms. The van der Waals surface area contributed by atoms with Gasteiger partial charge in [0.15, 0.2) is 0 Å². The van der Waals surface area contributed by atoms with E-state index in [-0.39, 0.29) is 23.8 Å². The minimum Gasteiger partial charge on any atom is -0.395 e. The lowest BCUT2D eigenvalue weighted by Gasteiger charge is -2.20. The Morgan fingerprint density at radius 2 is 2.21 bits per heavy atom. The van der Waals surface area contributed by atoms with Crippen LogP contribution in [0.5, 0.6) is 0 Å². The van der Waals surface area contributed by atoms with Crippen molar-refractivity contribution in [2.75, 3.05) is 12.9 Å². The van der Waals surface area contributed by atoms with Gasteiger partial charge in [0.25, 0.3) is 5.91 Å². The zero-order valence-corrected chi connectivity index (χ0v) is 12.6. The molecule has 0 radical (unpaired) electrons. The highest BCUT2D eigenvalue weighted by atomic mass is 32.2. The van der Waals surface area contributed by atoms with Gasteiger partial charge in [-0.3, -0.25) is 4.79 Å². The molecule has 0 aliphatic heterocycles. The normalized spacial score (nSPS) is 14.3. The van der Waals surface area contributed by atoms with Gasteiger partial charge in [-0.2, -0.15) is 11.8 Å². The van der Waals surface area contributed by atoms with Crippen LogP contribution in [0.2, 0.25) is 0 Å². The summed E-state index contributed by atoms with van der Waals surface area (Å²) in [6, 6.07) is 9.81. The zero-order valence-electron chi connectivity index (χ0n) is 10.9. The Hall–Kier alpha value is -1.04. The number of carbonyl (C=O) groups excluding carboxylic acids is 1. The van der Waals surface area contributed by atoms with Gasteiger partial charge in [0.2, 0.25) is 0 Å². The third-order valence-electron chi connectivity index (χ3n) is 3.05. The molecule has 2 atom stereocenters. The number of benzene rings is 1. The van der Waals surface area contributed by atoms with E-state index in [0.717, 1.165) is 10.1 Å². The molecule has 0 fully saturated rings. The maximum atomic E-state index is 12.2. The van der Waals surface area contributed by atoms with Crippen LogP contribution in [-0.2, 0) is 0 Å². The Morgan fingerprint density at radius 3 is 2.84 bits per heavy atom. The van der Waals surface area contributed by atoms with Gasteiger partial charge in [0.05, 0.1) is 11.5 Å². The number of fused-ring (bicyclic) bond motifs is 1. The molecule has 2 N–H and O–H groups in total. The average Bonchev–Trinajstić information content (AvgIpc) is 2.84. The van der Waals surface area contributed by atoms with E-state index in [1.165, 1.54) is 11.3 Å². The molecule has 102 valence electrons. The van der Waals surface area contributed by atoms with Crippen molar-refractivity contribution in [1.82, 2.24) is 5.32 Å². The first-order valence-electron chi connectivity index (χ1n) is 6.08. The second kappa shape index (κ2) is 6.41. The number of thiophene rings is 1. The molecule has 0 spiro atoms. The number of hydrogen-bond acceptors (Lipinski definition) is 4. The topological polar surface area (TPSA) is 49.3 Å². The summed E-state index contributed by atoms with van der Waals surface area (Å²) in [6.45, 7) is 1.98. The van der Waals surface area contributed by atoms with Crippen molar-refractivity contribution in [3.63, 3.8) is 0 Å². The van der Waals surface area contributed by atoms with Gasteiger partial charge in [0, 0.05) is 16.0 Å². The van der Waals surface area contributed by atoms with Crippen LogP contribution in [0.25, 0.3) is 10.1 Å². The smallest absolute Gasteiger partial charge is 0.261 e. The lowest BCUT2D eigenvalue weighted by Crippen LogP contribution is -2.40. The molecule has 0 unspecified atom stereocenters. The monoisotopic (exact) mass is 295 g/mol. The molecule has 3 nitrogen and oxygen atoms in total. The number of carbonyl (C=O) groups is 1. The summed E-state index contributed by atoms with van der Waals surface area (Å²) >= 11 is 3.05. The van der Waals surface area contributed by atoms with Crippen LogP contribution in [0.3, 0.4) is 0 Å². The Balaban J connectivity index is 2.11. The largest absolute Gasteiger partial charge is 0.395 e. The lowest BCUT2D eigenvalue weighted by atomic mass is 10.2. The molecular formula is C14H17NO2S2. The van der Waals surface area contributed by atoms with Crippen molar-refractivity contribution in [3.05, 3.63) is 35.2 Å². The number of rotatable bonds is 5. The number of hydrogen-bond donors (Lipinski definition) is 2. The molecule has 0 aliphatic carbocycles. The van der Waals surface area contributed by atoms with Gasteiger partial charge in [-0.05, 0) is 30.7 Å². The molecular weight excluding hydrogens is 278 g/mol. The fraction of sp³-hybridized carbons (Fsp3) is 0.357. The summed E-state index contributed by atoms with van der Waals surface area (Å²) in [6.07, 6.45) is 1.93. The second-order valence-electron chi connectivity index (χ2n) is 4.37. The van der Waals surface area contributed by atoms with E-state index in [2.05, 4.69) is 5.32 Å². The molecule has 1 aromatic heterocycles. The SMILES string of the molecule is CS[C@@H](CO)[C@@H](C)NC(=O)c1cc2ccccc2s1. The fourth-order valence-corrected chi connectivity index (χ4v) is 3.49. The van der Waals surface area contributed by atoms with Gasteiger partial charge in [-0.1, -0.05) is 18.2 Å². The predicted molar refractivity (Wildman–Crippen MR) is 83.1 cm³/mol. The van der Waals surface area contributed by atoms with Crippen LogP contribution in [0.1, 0.15) is 16.6 Å². The van der Waals surface area contributed by atoms with Crippen molar-refractivity contribution in [2.45, 2.75) is 18.2 Å². The minimum absolute atomic E-state index is 0.0262. The summed E-state index contributed by atoms with van der Waals surface area (Å²) in [5, 5.41) is 13.3. The molecule has 1 amide bonds. The van der Waals surface area contributed by atoms with Crippen LogP contribution >= 0.6 is 23.1 Å². The van der Waals surface area contributed by atoms with E-state index in [1.807, 2.05) is 43.5 Å². The van der Waals surface area contributed by atoms with Crippen molar-refractivity contribution in [3.8, 4) is 0 Å². The van der Waals surface area contributed by atoms with Crippen molar-refractivity contribution in [1.29, 1.82) is 0 Å². The summed E-state index contributed by atoms with van der Waals surface area (Å²) in [5.74, 6) is -0.0683. The summed E-state index contributed by atoms with van der Waals surface area (Å²) < 4.78 is 1.11. The lowest BCUT2D eigenvalue weighted by molar-refractivity contribution is 0.0940. The molecule has 2 rings (SSSR count). The first kappa shape index (κ1) is 14.4. The van der Waals surface area contributed by atoms with E-state index < -0.39 is 0 Å². The molecule has 5 heteroatoms. The van der Waals surface area contributed by atoms with Crippen LogP contribution in [0, 0.1) is 0 Å². The highest BCUT2D eigenvalue weighted by molar-refractivity contribution is 7.99. The first-order valence-corrected chi connectivity index (χ1v) is 8.19. The quantitative estimate of drug-likeness (QED) is 0.892. The average molecular weight is 295 g/mol. The van der Waals surface area contributed by atoms with E-state index in [0.29, 0.717) is 4.88 Å². The number of nitrogens with one attached hydrogen (secondary N) is 1. The molecule has 1 aromatic carbocycles. The van der Waals surface area contributed by atoms with E-state index in [4.69, 9.17) is 0 Å². The molecule has 2 aromatic rings. The van der Waals surface area contributed by atoms with Crippen LogP contribution in [0.15, 0.2) is 30.3 Å². The standard InChI is InChI=1S/C14H17NO2S2/c1-9(13(8-16)18-2)15-14(17)12-7-10-5-3-4-6-11(10)19-12/h3-7,9,13,16H,8H2,1-2H3,(H,15,17)/t9-,13+/m1/s1. The Kier molecular flexibility index (Phi) is 4.85. The van der Waals surface area contributed by atoms with Gasteiger partial charge in [-0.15, -0.1) is 11.3 Å². The fourth-order valence-electron chi connectivity index (χ4n) is 1.90.